The lowest BCUT2D eigenvalue weighted by Crippen LogP contribution is -2.41. The van der Waals surface area contributed by atoms with E-state index in [9.17, 15) is 0 Å². The Balaban J connectivity index is 1.92. The normalized spacial score (nSPS) is 25.3. The molecule has 3 rings (SSSR count). The van der Waals surface area contributed by atoms with Crippen LogP contribution in [0.5, 0.6) is 0 Å². The number of rotatable bonds is 1. The van der Waals surface area contributed by atoms with Crippen LogP contribution in [0.25, 0.3) is 0 Å². The summed E-state index contributed by atoms with van der Waals surface area (Å²) in [6.07, 6.45) is 2.16. The number of fused-ring (bicyclic) bond motifs is 1. The van der Waals surface area contributed by atoms with Crippen molar-refractivity contribution < 1.29 is 9.31 Å². The van der Waals surface area contributed by atoms with Gasteiger partial charge in [-0.3, -0.25) is 0 Å². The topological polar surface area (TPSA) is 49.2 Å². The van der Waals surface area contributed by atoms with Crippen LogP contribution in [0.15, 0.2) is 0 Å². The minimum atomic E-state index is -0.373. The lowest BCUT2D eigenvalue weighted by molar-refractivity contribution is 0.00578. The molecule has 0 aromatic carbocycles. The van der Waals surface area contributed by atoms with Gasteiger partial charge in [0.2, 0.25) is 0 Å². The van der Waals surface area contributed by atoms with Crippen LogP contribution < -0.4 is 5.59 Å². The first-order valence-electron chi connectivity index (χ1n) is 6.19. The highest BCUT2D eigenvalue weighted by Gasteiger charge is 2.53. The zero-order valence-corrected chi connectivity index (χ0v) is 10.9. The fourth-order valence-electron chi connectivity index (χ4n) is 2.32. The average Bonchev–Trinajstić information content (AvgIpc) is 2.78. The summed E-state index contributed by atoms with van der Waals surface area (Å²) in [5, 5.41) is 8.36. The standard InChI is InChI=1S/C11H18BN3O2/c1-10(2)11(3,4)17-12(16-10)9-8-6-5-7-15(8)14-13-9/h5-7H2,1-4H3. The van der Waals surface area contributed by atoms with Crippen molar-refractivity contribution in [2.24, 2.45) is 0 Å². The van der Waals surface area contributed by atoms with E-state index in [4.69, 9.17) is 9.31 Å². The van der Waals surface area contributed by atoms with Gasteiger partial charge in [0.1, 0.15) is 5.59 Å². The van der Waals surface area contributed by atoms with Crippen LogP contribution in [-0.2, 0) is 22.3 Å². The van der Waals surface area contributed by atoms with Gasteiger partial charge in [-0.1, -0.05) is 5.21 Å². The number of nitrogens with zero attached hydrogens (tertiary/aromatic N) is 3. The first-order chi connectivity index (χ1) is 7.91. The quantitative estimate of drug-likeness (QED) is 0.666. The van der Waals surface area contributed by atoms with Crippen molar-refractivity contribution in [2.75, 3.05) is 0 Å². The monoisotopic (exact) mass is 235 g/mol. The summed E-state index contributed by atoms with van der Waals surface area (Å²) in [7, 11) is -0.373. The van der Waals surface area contributed by atoms with Crippen LogP contribution in [-0.4, -0.2) is 33.3 Å². The third kappa shape index (κ3) is 1.54. The summed E-state index contributed by atoms with van der Waals surface area (Å²) in [6.45, 7) is 9.17. The van der Waals surface area contributed by atoms with Gasteiger partial charge in [-0.25, -0.2) is 4.68 Å². The highest BCUT2D eigenvalue weighted by molar-refractivity contribution is 6.61. The molecule has 1 aromatic rings. The van der Waals surface area contributed by atoms with Crippen molar-refractivity contribution in [3.05, 3.63) is 5.69 Å². The molecule has 0 unspecified atom stereocenters. The Morgan fingerprint density at radius 2 is 1.82 bits per heavy atom. The lowest BCUT2D eigenvalue weighted by atomic mass is 9.82. The fourth-order valence-corrected chi connectivity index (χ4v) is 2.32. The Morgan fingerprint density at radius 1 is 1.18 bits per heavy atom. The largest absolute Gasteiger partial charge is 0.518 e. The Bertz CT molecular complexity index is 440. The van der Waals surface area contributed by atoms with Crippen LogP contribution in [0.1, 0.15) is 39.8 Å². The predicted molar refractivity (Wildman–Crippen MR) is 64.1 cm³/mol. The molecule has 2 aliphatic heterocycles. The molecule has 3 heterocycles. The highest BCUT2D eigenvalue weighted by atomic mass is 16.7. The van der Waals surface area contributed by atoms with Gasteiger partial charge in [-0.05, 0) is 40.5 Å². The number of aryl methyl sites for hydroxylation is 1. The second kappa shape index (κ2) is 3.33. The maximum Gasteiger partial charge on any atom is 0.518 e. The maximum atomic E-state index is 6.00. The number of hydrogen-bond donors (Lipinski definition) is 0. The van der Waals surface area contributed by atoms with Crippen molar-refractivity contribution in [1.29, 1.82) is 0 Å². The van der Waals surface area contributed by atoms with Crippen LogP contribution in [0.2, 0.25) is 0 Å². The van der Waals surface area contributed by atoms with Gasteiger partial charge in [-0.2, -0.15) is 0 Å². The van der Waals surface area contributed by atoms with E-state index >= 15 is 0 Å². The average molecular weight is 235 g/mol. The van der Waals surface area contributed by atoms with Crippen molar-refractivity contribution in [3.8, 4) is 0 Å². The maximum absolute atomic E-state index is 6.00. The van der Waals surface area contributed by atoms with E-state index in [0.29, 0.717) is 0 Å². The van der Waals surface area contributed by atoms with Gasteiger partial charge in [0.25, 0.3) is 0 Å². The van der Waals surface area contributed by atoms with Gasteiger partial charge in [0, 0.05) is 6.54 Å². The van der Waals surface area contributed by atoms with Crippen molar-refractivity contribution in [1.82, 2.24) is 15.0 Å². The van der Waals surface area contributed by atoms with E-state index in [-0.39, 0.29) is 18.3 Å². The fraction of sp³-hybridized carbons (Fsp3) is 0.818. The summed E-state index contributed by atoms with van der Waals surface area (Å²) < 4.78 is 14.0. The molecule has 6 heteroatoms. The first-order valence-corrected chi connectivity index (χ1v) is 6.19. The molecule has 0 N–H and O–H groups in total. The van der Waals surface area contributed by atoms with Crippen molar-refractivity contribution in [2.45, 2.75) is 58.3 Å². The molecule has 1 aromatic heterocycles. The molecule has 0 atom stereocenters. The third-order valence-corrected chi connectivity index (χ3v) is 4.13. The number of aromatic nitrogens is 3. The predicted octanol–water partition coefficient (Wildman–Crippen LogP) is 0.523. The van der Waals surface area contributed by atoms with Gasteiger partial charge >= 0.3 is 7.12 Å². The summed E-state index contributed by atoms with van der Waals surface area (Å²) >= 11 is 0. The second-order valence-electron chi connectivity index (χ2n) is 5.84. The van der Waals surface area contributed by atoms with Crippen molar-refractivity contribution >= 4 is 12.7 Å². The molecule has 1 saturated heterocycles. The first kappa shape index (κ1) is 11.2. The molecule has 0 amide bonds. The van der Waals surface area contributed by atoms with Crippen LogP contribution in [0.3, 0.4) is 0 Å². The summed E-state index contributed by atoms with van der Waals surface area (Å²) in [4.78, 5) is 0. The lowest BCUT2D eigenvalue weighted by Gasteiger charge is -2.32. The van der Waals surface area contributed by atoms with E-state index < -0.39 is 0 Å². The molecule has 5 nitrogen and oxygen atoms in total. The van der Waals surface area contributed by atoms with Crippen molar-refractivity contribution in [3.63, 3.8) is 0 Å². The van der Waals surface area contributed by atoms with Crippen LogP contribution >= 0.6 is 0 Å². The molecule has 0 saturated carbocycles. The summed E-state index contributed by atoms with van der Waals surface area (Å²) in [6, 6.07) is 0. The summed E-state index contributed by atoms with van der Waals surface area (Å²) in [5.41, 5.74) is 1.41. The molecule has 1 fully saturated rings. The van der Waals surface area contributed by atoms with Crippen LogP contribution in [0.4, 0.5) is 0 Å². The van der Waals surface area contributed by atoms with E-state index in [1.165, 1.54) is 5.69 Å². The molecule has 0 aliphatic carbocycles. The third-order valence-electron chi connectivity index (χ3n) is 4.13. The van der Waals surface area contributed by atoms with E-state index in [1.807, 2.05) is 4.68 Å². The number of hydrogen-bond acceptors (Lipinski definition) is 4. The van der Waals surface area contributed by atoms with Gasteiger partial charge < -0.3 is 9.31 Å². The van der Waals surface area contributed by atoms with Gasteiger partial charge in [0.05, 0.1) is 16.9 Å². The molecular formula is C11H18BN3O2. The molecule has 0 spiro atoms. The van der Waals surface area contributed by atoms with E-state index in [0.717, 1.165) is 25.0 Å². The smallest absolute Gasteiger partial charge is 0.398 e. The minimum absolute atomic E-state index is 0.313. The van der Waals surface area contributed by atoms with E-state index in [2.05, 4.69) is 38.0 Å². The Morgan fingerprint density at radius 3 is 2.47 bits per heavy atom. The zero-order chi connectivity index (χ0) is 12.3. The van der Waals surface area contributed by atoms with E-state index in [1.54, 1.807) is 0 Å². The Labute approximate surface area is 102 Å². The molecule has 2 aliphatic rings. The van der Waals surface area contributed by atoms with Gasteiger partial charge in [-0.15, -0.1) is 5.10 Å². The molecule has 0 bridgehead atoms. The minimum Gasteiger partial charge on any atom is -0.398 e. The molecule has 0 radical (unpaired) electrons. The van der Waals surface area contributed by atoms with Gasteiger partial charge in [0.15, 0.2) is 0 Å². The Hall–Kier alpha value is -0.875. The molecular weight excluding hydrogens is 217 g/mol. The summed E-state index contributed by atoms with van der Waals surface area (Å²) in [5.74, 6) is 0. The zero-order valence-electron chi connectivity index (χ0n) is 10.9. The highest BCUT2D eigenvalue weighted by Crippen LogP contribution is 2.36. The Kier molecular flexibility index (Phi) is 2.20. The molecule has 17 heavy (non-hydrogen) atoms. The molecule has 92 valence electrons. The van der Waals surface area contributed by atoms with Crippen LogP contribution in [0, 0.1) is 0 Å². The second-order valence-corrected chi connectivity index (χ2v) is 5.84. The SMILES string of the molecule is CC1(C)OB(c2nnn3c2CCC3)OC1(C)C.